The Morgan fingerprint density at radius 2 is 1.85 bits per heavy atom. The van der Waals surface area contributed by atoms with Crippen LogP contribution in [0.4, 0.5) is 0 Å². The summed E-state index contributed by atoms with van der Waals surface area (Å²) in [6.45, 7) is 4.63. The third-order valence-electron chi connectivity index (χ3n) is 7.07. The van der Waals surface area contributed by atoms with Crippen molar-refractivity contribution in [2.45, 2.75) is 63.3 Å². The first-order valence-electron chi connectivity index (χ1n) is 10.0. The first-order valence-corrected chi connectivity index (χ1v) is 11.5. The second-order valence-corrected chi connectivity index (χ2v) is 10.3. The van der Waals surface area contributed by atoms with Gasteiger partial charge in [0.2, 0.25) is 10.0 Å². The molecule has 0 amide bonds. The lowest BCUT2D eigenvalue weighted by Gasteiger charge is -2.54. The van der Waals surface area contributed by atoms with Crippen molar-refractivity contribution in [3.05, 3.63) is 29.8 Å². The molecule has 0 spiro atoms. The summed E-state index contributed by atoms with van der Waals surface area (Å²) in [5.41, 5.74) is 1.07. The Kier molecular flexibility index (Phi) is 4.72. The maximum atomic E-state index is 13.3. The molecule has 0 unspecified atom stereocenters. The van der Waals surface area contributed by atoms with Crippen molar-refractivity contribution < 1.29 is 13.2 Å². The van der Waals surface area contributed by atoms with E-state index in [2.05, 4.69) is 6.92 Å². The van der Waals surface area contributed by atoms with E-state index in [1.807, 2.05) is 19.1 Å². The van der Waals surface area contributed by atoms with Gasteiger partial charge in [-0.05, 0) is 62.5 Å². The van der Waals surface area contributed by atoms with Crippen molar-refractivity contribution in [1.82, 2.24) is 4.31 Å². The van der Waals surface area contributed by atoms with Gasteiger partial charge in [0.1, 0.15) is 5.78 Å². The van der Waals surface area contributed by atoms with Crippen molar-refractivity contribution in [3.63, 3.8) is 0 Å². The van der Waals surface area contributed by atoms with Crippen LogP contribution >= 0.6 is 0 Å². The van der Waals surface area contributed by atoms with Crippen LogP contribution in [0.3, 0.4) is 0 Å². The average molecular weight is 376 g/mol. The van der Waals surface area contributed by atoms with E-state index >= 15 is 0 Å². The average Bonchev–Trinajstić information content (AvgIpc) is 2.62. The Bertz CT molecular complexity index is 786. The minimum absolute atomic E-state index is 0.0703. The molecule has 4 nitrogen and oxygen atoms in total. The predicted molar refractivity (Wildman–Crippen MR) is 101 cm³/mol. The summed E-state index contributed by atoms with van der Waals surface area (Å²) in [4.78, 5) is 13.0. The molecule has 2 aliphatic carbocycles. The Labute approximate surface area is 157 Å². The van der Waals surface area contributed by atoms with Gasteiger partial charge in [-0.25, -0.2) is 8.42 Å². The molecule has 5 heteroatoms. The molecule has 0 bridgehead atoms. The molecule has 26 heavy (non-hydrogen) atoms. The maximum absolute atomic E-state index is 13.3. The van der Waals surface area contributed by atoms with E-state index in [-0.39, 0.29) is 12.0 Å². The Hall–Kier alpha value is -1.20. The fraction of sp³-hybridized carbons (Fsp3) is 0.667. The lowest BCUT2D eigenvalue weighted by Crippen LogP contribution is -2.59. The number of carbonyl (C=O) groups is 1. The molecule has 3 aliphatic rings. The topological polar surface area (TPSA) is 54.5 Å². The SMILES string of the molecule is CC[C@@H]1C(=O)C[C@H]2CCN(S(=O)(=O)c3ccc(C)cc3)[C@H]3CCC[C@@H]1[C@H]23. The van der Waals surface area contributed by atoms with E-state index in [1.165, 1.54) is 0 Å². The largest absolute Gasteiger partial charge is 0.299 e. The summed E-state index contributed by atoms with van der Waals surface area (Å²) in [5.74, 6) is 1.68. The van der Waals surface area contributed by atoms with E-state index in [4.69, 9.17) is 0 Å². The van der Waals surface area contributed by atoms with Gasteiger partial charge in [0.05, 0.1) is 4.90 Å². The van der Waals surface area contributed by atoms with Crippen molar-refractivity contribution in [3.8, 4) is 0 Å². The highest BCUT2D eigenvalue weighted by atomic mass is 32.2. The molecule has 2 saturated carbocycles. The Morgan fingerprint density at radius 3 is 2.54 bits per heavy atom. The van der Waals surface area contributed by atoms with Crippen LogP contribution in [0, 0.1) is 30.6 Å². The standard InChI is InChI=1S/C21H29NO3S/c1-3-17-18-5-4-6-19-21(18)15(13-20(17)23)11-12-22(19)26(24,25)16-9-7-14(2)8-10-16/h7-10,15,17-19,21H,3-6,11-13H2,1-2H3/t15-,17+,18+,19+,21+/m1/s1. The summed E-state index contributed by atoms with van der Waals surface area (Å²) in [6.07, 6.45) is 5.43. The number of sulfonamides is 1. The zero-order valence-electron chi connectivity index (χ0n) is 15.7. The van der Waals surface area contributed by atoms with E-state index in [9.17, 15) is 13.2 Å². The van der Waals surface area contributed by atoms with Gasteiger partial charge >= 0.3 is 0 Å². The predicted octanol–water partition coefficient (Wildman–Crippen LogP) is 3.79. The van der Waals surface area contributed by atoms with E-state index in [0.717, 1.165) is 37.7 Å². The molecule has 1 saturated heterocycles. The Balaban J connectivity index is 1.68. The fourth-order valence-corrected chi connectivity index (χ4v) is 7.61. The summed E-state index contributed by atoms with van der Waals surface area (Å²) >= 11 is 0. The van der Waals surface area contributed by atoms with Crippen molar-refractivity contribution in [2.75, 3.05) is 6.54 Å². The molecule has 1 aromatic carbocycles. The van der Waals surface area contributed by atoms with Crippen LogP contribution in [-0.4, -0.2) is 31.1 Å². The number of Topliss-reactive ketones (excluding diaryl/α,β-unsaturated/α-hetero) is 1. The highest BCUT2D eigenvalue weighted by molar-refractivity contribution is 7.89. The Morgan fingerprint density at radius 1 is 1.12 bits per heavy atom. The second-order valence-electron chi connectivity index (χ2n) is 8.40. The highest BCUT2D eigenvalue weighted by Gasteiger charge is 2.53. The van der Waals surface area contributed by atoms with Gasteiger partial charge < -0.3 is 0 Å². The molecule has 0 aromatic heterocycles. The minimum Gasteiger partial charge on any atom is -0.299 e. The van der Waals surface area contributed by atoms with Crippen molar-refractivity contribution in [2.24, 2.45) is 23.7 Å². The number of nitrogens with zero attached hydrogens (tertiary/aromatic N) is 1. The normalized spacial score (nSPS) is 35.2. The number of hydrogen-bond donors (Lipinski definition) is 0. The molecule has 0 N–H and O–H groups in total. The highest BCUT2D eigenvalue weighted by Crippen LogP contribution is 2.52. The van der Waals surface area contributed by atoms with Gasteiger partial charge in [-0.15, -0.1) is 0 Å². The smallest absolute Gasteiger partial charge is 0.243 e. The van der Waals surface area contributed by atoms with Gasteiger partial charge in [0, 0.05) is 24.9 Å². The number of rotatable bonds is 3. The van der Waals surface area contributed by atoms with Crippen LogP contribution in [0.15, 0.2) is 29.2 Å². The van der Waals surface area contributed by atoms with E-state index in [1.54, 1.807) is 16.4 Å². The molecular weight excluding hydrogens is 346 g/mol. The maximum Gasteiger partial charge on any atom is 0.243 e. The third-order valence-corrected chi connectivity index (χ3v) is 9.01. The third kappa shape index (κ3) is 2.84. The van der Waals surface area contributed by atoms with Crippen LogP contribution in [0.25, 0.3) is 0 Å². The van der Waals surface area contributed by atoms with Gasteiger partial charge in [0.25, 0.3) is 0 Å². The number of piperidine rings is 1. The molecule has 142 valence electrons. The van der Waals surface area contributed by atoms with Crippen LogP contribution < -0.4 is 0 Å². The molecule has 1 aromatic rings. The van der Waals surface area contributed by atoms with Crippen molar-refractivity contribution in [1.29, 1.82) is 0 Å². The second kappa shape index (κ2) is 6.75. The summed E-state index contributed by atoms with van der Waals surface area (Å²) in [6, 6.07) is 7.28. The molecule has 1 aliphatic heterocycles. The van der Waals surface area contributed by atoms with Gasteiger partial charge in [-0.1, -0.05) is 31.0 Å². The monoisotopic (exact) mass is 375 g/mol. The zero-order valence-corrected chi connectivity index (χ0v) is 16.5. The number of aryl methyl sites for hydroxylation is 1. The molecular formula is C21H29NO3S. The molecule has 0 radical (unpaired) electrons. The first-order chi connectivity index (χ1) is 12.4. The lowest BCUT2D eigenvalue weighted by molar-refractivity contribution is -0.136. The van der Waals surface area contributed by atoms with Gasteiger partial charge in [0.15, 0.2) is 0 Å². The van der Waals surface area contributed by atoms with Crippen LogP contribution in [-0.2, 0) is 14.8 Å². The summed E-state index contributed by atoms with van der Waals surface area (Å²) < 4.78 is 28.5. The molecule has 1 heterocycles. The minimum atomic E-state index is -3.47. The quantitative estimate of drug-likeness (QED) is 0.808. The number of ketones is 1. The van der Waals surface area contributed by atoms with E-state index in [0.29, 0.717) is 41.4 Å². The number of hydrogen-bond acceptors (Lipinski definition) is 3. The van der Waals surface area contributed by atoms with Crippen LogP contribution in [0.2, 0.25) is 0 Å². The van der Waals surface area contributed by atoms with Crippen LogP contribution in [0.1, 0.15) is 51.0 Å². The van der Waals surface area contributed by atoms with Crippen molar-refractivity contribution >= 4 is 15.8 Å². The zero-order chi connectivity index (χ0) is 18.5. The summed E-state index contributed by atoms with van der Waals surface area (Å²) in [5, 5.41) is 0. The van der Waals surface area contributed by atoms with Crippen LogP contribution in [0.5, 0.6) is 0 Å². The summed E-state index contributed by atoms with van der Waals surface area (Å²) in [7, 11) is -3.47. The van der Waals surface area contributed by atoms with Gasteiger partial charge in [-0.3, -0.25) is 4.79 Å². The molecule has 4 rings (SSSR count). The number of carbonyl (C=O) groups excluding carboxylic acids is 1. The van der Waals surface area contributed by atoms with E-state index < -0.39 is 10.0 Å². The number of benzene rings is 1. The molecule has 5 atom stereocenters. The fourth-order valence-electron chi connectivity index (χ4n) is 5.91. The lowest BCUT2D eigenvalue weighted by atomic mass is 9.56. The van der Waals surface area contributed by atoms with Gasteiger partial charge in [-0.2, -0.15) is 4.31 Å². The molecule has 3 fully saturated rings. The first kappa shape index (κ1) is 18.2.